The van der Waals surface area contributed by atoms with E-state index in [1.165, 1.54) is 13.0 Å². The van der Waals surface area contributed by atoms with E-state index in [1.807, 2.05) is 30.5 Å². The molecule has 1 heterocycles. The number of fused-ring (bicyclic) bond motifs is 1. The minimum Gasteiger partial charge on any atom is -0.356 e. The molecule has 0 spiro atoms. The van der Waals surface area contributed by atoms with E-state index in [4.69, 9.17) is 0 Å². The SMILES string of the molecule is CC(=O)NCCc1cn(C(=O)/C=C\C#C[Si](C)(C)C)c2ccccc12. The summed E-state index contributed by atoms with van der Waals surface area (Å²) < 4.78 is 1.64. The predicted octanol–water partition coefficient (Wildman–Crippen LogP) is 3.40. The molecule has 0 atom stereocenters. The average Bonchev–Trinajstić information content (AvgIpc) is 2.89. The molecule has 0 aliphatic heterocycles. The zero-order valence-corrected chi connectivity index (χ0v) is 16.2. The minimum atomic E-state index is -1.44. The molecule has 0 fully saturated rings. The standard InChI is InChI=1S/C20H24N2O2Si/c1-16(23)21-13-12-17-15-22(19-10-6-5-9-18(17)19)20(24)11-7-8-14-25(2,3)4/h5-7,9-11,15H,12-13H2,1-4H3,(H,21,23)/b11-7-. The zero-order valence-electron chi connectivity index (χ0n) is 15.2. The number of hydrogen-bond donors (Lipinski definition) is 1. The third-order valence-corrected chi connectivity index (χ3v) is 4.45. The third kappa shape index (κ3) is 5.47. The summed E-state index contributed by atoms with van der Waals surface area (Å²) in [7, 11) is -1.44. The summed E-state index contributed by atoms with van der Waals surface area (Å²) in [4.78, 5) is 23.6. The van der Waals surface area contributed by atoms with Gasteiger partial charge in [-0.2, -0.15) is 0 Å². The van der Waals surface area contributed by atoms with E-state index in [2.05, 4.69) is 36.4 Å². The van der Waals surface area contributed by atoms with Crippen molar-refractivity contribution in [3.8, 4) is 11.5 Å². The van der Waals surface area contributed by atoms with Crippen LogP contribution in [-0.2, 0) is 11.2 Å². The van der Waals surface area contributed by atoms with E-state index in [1.54, 1.807) is 10.6 Å². The quantitative estimate of drug-likeness (QED) is 0.521. The predicted molar refractivity (Wildman–Crippen MR) is 105 cm³/mol. The lowest BCUT2D eigenvalue weighted by Crippen LogP contribution is -2.22. The van der Waals surface area contributed by atoms with Crippen LogP contribution >= 0.6 is 0 Å². The molecule has 130 valence electrons. The average molecular weight is 353 g/mol. The molecule has 1 amide bonds. The van der Waals surface area contributed by atoms with Gasteiger partial charge in [-0.25, -0.2) is 0 Å². The summed E-state index contributed by atoms with van der Waals surface area (Å²) in [6.07, 6.45) is 5.67. The van der Waals surface area contributed by atoms with Crippen LogP contribution in [0.2, 0.25) is 19.6 Å². The zero-order chi connectivity index (χ0) is 18.4. The highest BCUT2D eigenvalue weighted by Gasteiger charge is 2.11. The first-order chi connectivity index (χ1) is 11.8. The van der Waals surface area contributed by atoms with Crippen molar-refractivity contribution in [3.05, 3.63) is 48.2 Å². The Morgan fingerprint density at radius 2 is 1.96 bits per heavy atom. The van der Waals surface area contributed by atoms with E-state index in [9.17, 15) is 9.59 Å². The number of benzene rings is 1. The number of carbonyl (C=O) groups is 2. The van der Waals surface area contributed by atoms with Gasteiger partial charge in [-0.3, -0.25) is 14.2 Å². The second-order valence-electron chi connectivity index (χ2n) is 6.97. The lowest BCUT2D eigenvalue weighted by atomic mass is 10.1. The number of amides is 1. The van der Waals surface area contributed by atoms with Crippen LogP contribution < -0.4 is 5.32 Å². The van der Waals surface area contributed by atoms with Crippen LogP contribution in [0.4, 0.5) is 0 Å². The number of allylic oxidation sites excluding steroid dienone is 2. The van der Waals surface area contributed by atoms with Crippen LogP contribution in [0.5, 0.6) is 0 Å². The first-order valence-corrected chi connectivity index (χ1v) is 11.8. The van der Waals surface area contributed by atoms with Crippen LogP contribution in [0.15, 0.2) is 42.6 Å². The van der Waals surface area contributed by atoms with Gasteiger partial charge in [0, 0.05) is 31.1 Å². The molecular weight excluding hydrogens is 328 g/mol. The van der Waals surface area contributed by atoms with Gasteiger partial charge < -0.3 is 5.32 Å². The van der Waals surface area contributed by atoms with Gasteiger partial charge in [0.05, 0.1) is 5.52 Å². The molecular formula is C20H24N2O2Si. The van der Waals surface area contributed by atoms with E-state index in [-0.39, 0.29) is 11.8 Å². The highest BCUT2D eigenvalue weighted by atomic mass is 28.3. The van der Waals surface area contributed by atoms with E-state index >= 15 is 0 Å². The molecule has 0 bridgehead atoms. The molecule has 5 heteroatoms. The van der Waals surface area contributed by atoms with Crippen molar-refractivity contribution in [1.82, 2.24) is 9.88 Å². The first-order valence-electron chi connectivity index (χ1n) is 8.35. The van der Waals surface area contributed by atoms with Gasteiger partial charge in [0.25, 0.3) is 5.91 Å². The summed E-state index contributed by atoms with van der Waals surface area (Å²) in [5.74, 6) is 2.81. The Balaban J connectivity index is 2.25. The normalized spacial score (nSPS) is 11.4. The Kier molecular flexibility index (Phi) is 6.00. The number of nitrogens with one attached hydrogen (secondary N) is 1. The first kappa shape index (κ1) is 18.8. The van der Waals surface area contributed by atoms with Crippen molar-refractivity contribution < 1.29 is 9.59 Å². The second-order valence-corrected chi connectivity index (χ2v) is 11.7. The molecule has 25 heavy (non-hydrogen) atoms. The maximum absolute atomic E-state index is 12.5. The van der Waals surface area contributed by atoms with Gasteiger partial charge in [-0.1, -0.05) is 43.8 Å². The maximum atomic E-state index is 12.5. The summed E-state index contributed by atoms with van der Waals surface area (Å²) in [6, 6.07) is 7.79. The van der Waals surface area contributed by atoms with Crippen molar-refractivity contribution >= 4 is 30.8 Å². The van der Waals surface area contributed by atoms with Crippen molar-refractivity contribution in [2.45, 2.75) is 33.0 Å². The molecule has 0 unspecified atom stereocenters. The van der Waals surface area contributed by atoms with Gasteiger partial charge in [0.15, 0.2) is 0 Å². The van der Waals surface area contributed by atoms with Gasteiger partial charge in [0.2, 0.25) is 5.91 Å². The molecule has 0 radical (unpaired) electrons. The van der Waals surface area contributed by atoms with E-state index in [0.29, 0.717) is 13.0 Å². The number of aromatic nitrogens is 1. The lowest BCUT2D eigenvalue weighted by molar-refractivity contribution is -0.118. The van der Waals surface area contributed by atoms with Gasteiger partial charge in [-0.05, 0) is 24.1 Å². The fourth-order valence-corrected chi connectivity index (χ4v) is 2.97. The topological polar surface area (TPSA) is 51.1 Å². The van der Waals surface area contributed by atoms with Crippen LogP contribution in [0.1, 0.15) is 17.3 Å². The number of para-hydroxylation sites is 1. The fourth-order valence-electron chi connectivity index (χ4n) is 2.46. The van der Waals surface area contributed by atoms with Crippen LogP contribution in [0.3, 0.4) is 0 Å². The van der Waals surface area contributed by atoms with Crippen molar-refractivity contribution in [3.63, 3.8) is 0 Å². The van der Waals surface area contributed by atoms with Crippen molar-refractivity contribution in [2.24, 2.45) is 0 Å². The Bertz CT molecular complexity index is 876. The molecule has 4 nitrogen and oxygen atoms in total. The Morgan fingerprint density at radius 1 is 1.24 bits per heavy atom. The summed E-state index contributed by atoms with van der Waals surface area (Å²) in [5.41, 5.74) is 5.12. The smallest absolute Gasteiger partial charge is 0.255 e. The highest BCUT2D eigenvalue weighted by Crippen LogP contribution is 2.21. The lowest BCUT2D eigenvalue weighted by Gasteiger charge is -2.02. The number of nitrogens with zero attached hydrogens (tertiary/aromatic N) is 1. The molecule has 0 saturated heterocycles. The molecule has 2 rings (SSSR count). The number of rotatable bonds is 4. The molecule has 0 saturated carbocycles. The molecule has 1 aromatic heterocycles. The second kappa shape index (κ2) is 7.99. The number of carbonyl (C=O) groups excluding carboxylic acids is 2. The van der Waals surface area contributed by atoms with Crippen molar-refractivity contribution in [2.75, 3.05) is 6.54 Å². The molecule has 0 aliphatic rings. The molecule has 1 N–H and O–H groups in total. The monoisotopic (exact) mass is 352 g/mol. The van der Waals surface area contributed by atoms with Crippen LogP contribution in [-0.4, -0.2) is 31.0 Å². The summed E-state index contributed by atoms with van der Waals surface area (Å²) >= 11 is 0. The maximum Gasteiger partial charge on any atom is 0.255 e. The number of hydrogen-bond acceptors (Lipinski definition) is 2. The molecule has 2 aromatic rings. The summed E-state index contributed by atoms with van der Waals surface area (Å²) in [5, 5.41) is 3.82. The largest absolute Gasteiger partial charge is 0.356 e. The Morgan fingerprint density at radius 3 is 2.64 bits per heavy atom. The highest BCUT2D eigenvalue weighted by molar-refractivity contribution is 6.83. The summed E-state index contributed by atoms with van der Waals surface area (Å²) in [6.45, 7) is 8.54. The van der Waals surface area contributed by atoms with E-state index in [0.717, 1.165) is 16.5 Å². The Labute approximate surface area is 149 Å². The van der Waals surface area contributed by atoms with Gasteiger partial charge >= 0.3 is 0 Å². The van der Waals surface area contributed by atoms with Gasteiger partial charge in [0.1, 0.15) is 8.07 Å². The third-order valence-electron chi connectivity index (χ3n) is 3.56. The van der Waals surface area contributed by atoms with Crippen LogP contribution in [0.25, 0.3) is 10.9 Å². The van der Waals surface area contributed by atoms with Crippen molar-refractivity contribution in [1.29, 1.82) is 0 Å². The minimum absolute atomic E-state index is 0.0521. The van der Waals surface area contributed by atoms with Crippen LogP contribution in [0, 0.1) is 11.5 Å². The molecule has 1 aromatic carbocycles. The fraction of sp³-hybridized carbons (Fsp3) is 0.300. The van der Waals surface area contributed by atoms with Gasteiger partial charge in [-0.15, -0.1) is 5.54 Å². The van der Waals surface area contributed by atoms with E-state index < -0.39 is 8.07 Å². The Hall–Kier alpha value is -2.58. The molecule has 0 aliphatic carbocycles.